The number of hydrogen-bond donors (Lipinski definition) is 2. The first-order valence-electron chi connectivity index (χ1n) is 8.76. The molecule has 0 saturated carbocycles. The number of amides is 2. The summed E-state index contributed by atoms with van der Waals surface area (Å²) in [5.74, 6) is -0.215. The maximum atomic E-state index is 12.6. The Morgan fingerprint density at radius 2 is 1.59 bits per heavy atom. The van der Waals surface area contributed by atoms with Gasteiger partial charge in [0.05, 0.1) is 10.7 Å². The van der Waals surface area contributed by atoms with E-state index >= 15 is 0 Å². The highest BCUT2D eigenvalue weighted by molar-refractivity contribution is 7.14. The molecule has 1 heterocycles. The van der Waals surface area contributed by atoms with Gasteiger partial charge >= 0.3 is 0 Å². The zero-order valence-electron chi connectivity index (χ0n) is 15.3. The Morgan fingerprint density at radius 3 is 2.22 bits per heavy atom. The van der Waals surface area contributed by atoms with Crippen LogP contribution in [-0.2, 0) is 11.2 Å². The first-order chi connectivity index (χ1) is 13.0. The fourth-order valence-electron chi connectivity index (χ4n) is 2.58. The van der Waals surface area contributed by atoms with Crippen molar-refractivity contribution < 1.29 is 9.59 Å². The maximum Gasteiger partial charge on any atom is 0.267 e. The van der Waals surface area contributed by atoms with E-state index in [4.69, 9.17) is 0 Å². The van der Waals surface area contributed by atoms with Crippen molar-refractivity contribution in [3.63, 3.8) is 0 Å². The normalized spacial score (nSPS) is 10.4. The molecule has 0 spiro atoms. The number of nitrogens with zero attached hydrogens (tertiary/aromatic N) is 1. The molecule has 6 heteroatoms. The minimum absolute atomic E-state index is 0.0435. The quantitative estimate of drug-likeness (QED) is 0.655. The summed E-state index contributed by atoms with van der Waals surface area (Å²) in [5.41, 5.74) is 3.28. The fraction of sp³-hybridized carbons (Fsp3) is 0.190. The van der Waals surface area contributed by atoms with Crippen LogP contribution in [0.4, 0.5) is 11.4 Å². The maximum absolute atomic E-state index is 12.6. The third-order valence-electron chi connectivity index (χ3n) is 3.99. The molecule has 0 aliphatic heterocycles. The zero-order chi connectivity index (χ0) is 19.2. The van der Waals surface area contributed by atoms with E-state index in [9.17, 15) is 9.59 Å². The summed E-state index contributed by atoms with van der Waals surface area (Å²) < 4.78 is 0. The number of carbonyl (C=O) groups is 2. The molecule has 2 N–H and O–H groups in total. The van der Waals surface area contributed by atoms with Crippen LogP contribution in [0.2, 0.25) is 0 Å². The lowest BCUT2D eigenvalue weighted by Crippen LogP contribution is -2.12. The van der Waals surface area contributed by atoms with Gasteiger partial charge in [-0.05, 0) is 36.8 Å². The van der Waals surface area contributed by atoms with Crippen LogP contribution in [-0.4, -0.2) is 16.8 Å². The SMILES string of the molecule is CCC(=O)Nc1ccc(NC(=O)c2sc(Cc3ccccc3)nc2C)cc1. The third kappa shape index (κ3) is 5.01. The predicted octanol–water partition coefficient (Wildman–Crippen LogP) is 4.64. The second-order valence-corrected chi connectivity index (χ2v) is 7.20. The summed E-state index contributed by atoms with van der Waals surface area (Å²) in [6.07, 6.45) is 1.14. The second kappa shape index (κ2) is 8.60. The molecule has 1 aromatic heterocycles. The smallest absolute Gasteiger partial charge is 0.267 e. The lowest BCUT2D eigenvalue weighted by atomic mass is 10.2. The molecule has 5 nitrogen and oxygen atoms in total. The van der Waals surface area contributed by atoms with Gasteiger partial charge in [-0.2, -0.15) is 0 Å². The van der Waals surface area contributed by atoms with Crippen molar-refractivity contribution in [3.05, 3.63) is 75.7 Å². The Bertz CT molecular complexity index is 934. The van der Waals surface area contributed by atoms with Crippen molar-refractivity contribution in [3.8, 4) is 0 Å². The van der Waals surface area contributed by atoms with Crippen molar-refractivity contribution >= 4 is 34.5 Å². The zero-order valence-corrected chi connectivity index (χ0v) is 16.1. The number of nitrogens with one attached hydrogen (secondary N) is 2. The van der Waals surface area contributed by atoms with Crippen LogP contribution in [0, 0.1) is 6.92 Å². The van der Waals surface area contributed by atoms with Crippen molar-refractivity contribution in [2.45, 2.75) is 26.7 Å². The molecule has 2 aromatic carbocycles. The van der Waals surface area contributed by atoms with E-state index in [1.54, 1.807) is 31.2 Å². The highest BCUT2D eigenvalue weighted by atomic mass is 32.1. The summed E-state index contributed by atoms with van der Waals surface area (Å²) in [5, 5.41) is 6.59. The van der Waals surface area contributed by atoms with Crippen LogP contribution in [0.3, 0.4) is 0 Å². The van der Waals surface area contributed by atoms with Gasteiger partial charge in [-0.15, -0.1) is 11.3 Å². The first-order valence-corrected chi connectivity index (χ1v) is 9.58. The number of carbonyl (C=O) groups excluding carboxylic acids is 2. The third-order valence-corrected chi connectivity index (χ3v) is 5.15. The van der Waals surface area contributed by atoms with Gasteiger partial charge in [0, 0.05) is 24.2 Å². The number of aromatic nitrogens is 1. The predicted molar refractivity (Wildman–Crippen MR) is 109 cm³/mol. The minimum Gasteiger partial charge on any atom is -0.326 e. The van der Waals surface area contributed by atoms with Gasteiger partial charge in [-0.25, -0.2) is 4.98 Å². The van der Waals surface area contributed by atoms with Gasteiger partial charge in [-0.1, -0.05) is 37.3 Å². The monoisotopic (exact) mass is 379 g/mol. The van der Waals surface area contributed by atoms with Crippen LogP contribution in [0.25, 0.3) is 0 Å². The Labute approximate surface area is 162 Å². The molecule has 3 aromatic rings. The number of aryl methyl sites for hydroxylation is 1. The van der Waals surface area contributed by atoms with Crippen molar-refractivity contribution in [1.29, 1.82) is 0 Å². The topological polar surface area (TPSA) is 71.1 Å². The van der Waals surface area contributed by atoms with E-state index in [1.165, 1.54) is 16.9 Å². The van der Waals surface area contributed by atoms with Crippen LogP contribution in [0.15, 0.2) is 54.6 Å². The summed E-state index contributed by atoms with van der Waals surface area (Å²) in [7, 11) is 0. The molecule has 0 fully saturated rings. The van der Waals surface area contributed by atoms with Gasteiger partial charge in [-0.3, -0.25) is 9.59 Å². The van der Waals surface area contributed by atoms with E-state index in [0.717, 1.165) is 10.7 Å². The van der Waals surface area contributed by atoms with E-state index in [-0.39, 0.29) is 11.8 Å². The summed E-state index contributed by atoms with van der Waals surface area (Å²) in [6, 6.07) is 17.1. The molecular weight excluding hydrogens is 358 g/mol. The molecule has 0 bridgehead atoms. The molecule has 3 rings (SSSR count). The van der Waals surface area contributed by atoms with Crippen LogP contribution < -0.4 is 10.6 Å². The van der Waals surface area contributed by atoms with Crippen LogP contribution >= 0.6 is 11.3 Å². The first kappa shape index (κ1) is 18.8. The van der Waals surface area contributed by atoms with Crippen molar-refractivity contribution in [2.75, 3.05) is 10.6 Å². The molecule has 0 aliphatic rings. The minimum atomic E-state index is -0.172. The molecule has 138 valence electrons. The summed E-state index contributed by atoms with van der Waals surface area (Å²) >= 11 is 1.42. The Kier molecular flexibility index (Phi) is 5.98. The van der Waals surface area contributed by atoms with Crippen molar-refractivity contribution in [2.24, 2.45) is 0 Å². The summed E-state index contributed by atoms with van der Waals surface area (Å²) in [4.78, 5) is 29.2. The highest BCUT2D eigenvalue weighted by Gasteiger charge is 2.16. The number of thiazole rings is 1. The van der Waals surface area contributed by atoms with Gasteiger partial charge in [0.25, 0.3) is 5.91 Å². The van der Waals surface area contributed by atoms with Gasteiger partial charge < -0.3 is 10.6 Å². The lowest BCUT2D eigenvalue weighted by molar-refractivity contribution is -0.115. The van der Waals surface area contributed by atoms with Gasteiger partial charge in [0.15, 0.2) is 0 Å². The van der Waals surface area contributed by atoms with Crippen LogP contribution in [0.5, 0.6) is 0 Å². The lowest BCUT2D eigenvalue weighted by Gasteiger charge is -2.07. The molecule has 0 aliphatic carbocycles. The van der Waals surface area contributed by atoms with Gasteiger partial charge in [0.2, 0.25) is 5.91 Å². The van der Waals surface area contributed by atoms with E-state index in [2.05, 4.69) is 27.8 Å². The second-order valence-electron chi connectivity index (χ2n) is 6.12. The largest absolute Gasteiger partial charge is 0.326 e. The Balaban J connectivity index is 1.66. The fourth-order valence-corrected chi connectivity index (χ4v) is 3.58. The number of hydrogen-bond acceptors (Lipinski definition) is 4. The average molecular weight is 379 g/mol. The molecule has 0 radical (unpaired) electrons. The van der Waals surface area contributed by atoms with E-state index < -0.39 is 0 Å². The highest BCUT2D eigenvalue weighted by Crippen LogP contribution is 2.23. The van der Waals surface area contributed by atoms with E-state index in [1.807, 2.05) is 25.1 Å². The molecular formula is C21H21N3O2S. The number of rotatable bonds is 6. The molecule has 0 unspecified atom stereocenters. The number of anilines is 2. The standard InChI is InChI=1S/C21H21N3O2S/c1-3-18(25)23-16-9-11-17(12-10-16)24-21(26)20-14(2)22-19(27-20)13-15-7-5-4-6-8-15/h4-12H,3,13H2,1-2H3,(H,23,25)(H,24,26). The van der Waals surface area contributed by atoms with Gasteiger partial charge in [0.1, 0.15) is 4.88 Å². The Morgan fingerprint density at radius 1 is 0.963 bits per heavy atom. The van der Waals surface area contributed by atoms with Crippen molar-refractivity contribution in [1.82, 2.24) is 4.98 Å². The average Bonchev–Trinajstić information content (AvgIpc) is 3.04. The van der Waals surface area contributed by atoms with E-state index in [0.29, 0.717) is 29.1 Å². The van der Waals surface area contributed by atoms with Crippen LogP contribution in [0.1, 0.15) is 39.3 Å². The molecule has 0 saturated heterocycles. The molecule has 2 amide bonds. The Hall–Kier alpha value is -2.99. The summed E-state index contributed by atoms with van der Waals surface area (Å²) in [6.45, 7) is 3.65. The number of benzene rings is 2. The molecule has 27 heavy (non-hydrogen) atoms. The molecule has 0 atom stereocenters.